The predicted octanol–water partition coefficient (Wildman–Crippen LogP) is 1.27. The lowest BCUT2D eigenvalue weighted by molar-refractivity contribution is 0.0695. The highest BCUT2D eigenvalue weighted by Gasteiger charge is 2.17. The first-order valence-electron chi connectivity index (χ1n) is 4.20. The Bertz CT molecular complexity index is 358. The third-order valence-corrected chi connectivity index (χ3v) is 2.22. The molecule has 1 aliphatic heterocycles. The molecule has 15 heavy (non-hydrogen) atoms. The van der Waals surface area contributed by atoms with Crippen molar-refractivity contribution in [2.24, 2.45) is 0 Å². The third kappa shape index (κ3) is 2.81. The van der Waals surface area contributed by atoms with E-state index in [1.807, 2.05) is 0 Å². The summed E-state index contributed by atoms with van der Waals surface area (Å²) in [7, 11) is 0. The molecule has 0 spiro atoms. The molecule has 0 aromatic carbocycles. The molecule has 4 nitrogen and oxygen atoms in total. The highest BCUT2D eigenvalue weighted by molar-refractivity contribution is 5.89. The molecule has 0 bridgehead atoms. The van der Waals surface area contributed by atoms with Gasteiger partial charge in [-0.05, 0) is 6.07 Å². The summed E-state index contributed by atoms with van der Waals surface area (Å²) in [6, 6.07) is 1.55. The van der Waals surface area contributed by atoms with Crippen LogP contribution in [0.3, 0.4) is 0 Å². The van der Waals surface area contributed by atoms with E-state index in [1.54, 1.807) is 12.3 Å². The van der Waals surface area contributed by atoms with E-state index in [0.717, 1.165) is 24.2 Å². The lowest BCUT2D eigenvalue weighted by atomic mass is 10.0. The number of hydrogen-bond acceptors (Lipinski definition) is 3. The summed E-state index contributed by atoms with van der Waals surface area (Å²) in [5.74, 6) is -0.873. The van der Waals surface area contributed by atoms with Crippen LogP contribution in [0.15, 0.2) is 12.3 Å². The maximum Gasteiger partial charge on any atom is 0.336 e. The van der Waals surface area contributed by atoms with Crippen LogP contribution in [0.25, 0.3) is 0 Å². The van der Waals surface area contributed by atoms with Crippen LogP contribution in [0.1, 0.15) is 21.6 Å². The summed E-state index contributed by atoms with van der Waals surface area (Å²) in [6.07, 6.45) is 2.38. The van der Waals surface area contributed by atoms with E-state index in [-0.39, 0.29) is 24.8 Å². The van der Waals surface area contributed by atoms with Gasteiger partial charge in [0.25, 0.3) is 0 Å². The highest BCUT2D eigenvalue weighted by Crippen LogP contribution is 2.15. The van der Waals surface area contributed by atoms with Crippen molar-refractivity contribution in [3.63, 3.8) is 0 Å². The van der Waals surface area contributed by atoms with Gasteiger partial charge >= 0.3 is 5.97 Å². The van der Waals surface area contributed by atoms with Crippen LogP contribution in [0.5, 0.6) is 0 Å². The number of aromatic nitrogens is 1. The Hall–Kier alpha value is -0.840. The Balaban J connectivity index is 0.000000980. The van der Waals surface area contributed by atoms with E-state index in [4.69, 9.17) is 5.11 Å². The molecule has 6 heteroatoms. The second-order valence-corrected chi connectivity index (χ2v) is 3.02. The van der Waals surface area contributed by atoms with Gasteiger partial charge in [0.05, 0.1) is 5.56 Å². The molecule has 0 unspecified atom stereocenters. The second kappa shape index (κ2) is 5.90. The van der Waals surface area contributed by atoms with Gasteiger partial charge in [-0.15, -0.1) is 24.8 Å². The van der Waals surface area contributed by atoms with Crippen molar-refractivity contribution in [2.75, 3.05) is 6.54 Å². The van der Waals surface area contributed by atoms with Gasteiger partial charge in [0, 0.05) is 37.0 Å². The summed E-state index contributed by atoms with van der Waals surface area (Å²) in [5, 5.41) is 12.0. The number of carbonyl (C=O) groups is 1. The van der Waals surface area contributed by atoms with Gasteiger partial charge < -0.3 is 10.4 Å². The minimum Gasteiger partial charge on any atom is -0.478 e. The van der Waals surface area contributed by atoms with Crippen molar-refractivity contribution >= 4 is 30.8 Å². The maximum absolute atomic E-state index is 10.8. The van der Waals surface area contributed by atoms with Crippen LogP contribution in [-0.2, 0) is 13.0 Å². The summed E-state index contributed by atoms with van der Waals surface area (Å²) >= 11 is 0. The number of halogens is 2. The molecule has 0 amide bonds. The summed E-state index contributed by atoms with van der Waals surface area (Å²) in [4.78, 5) is 15.0. The van der Waals surface area contributed by atoms with Crippen molar-refractivity contribution in [2.45, 2.75) is 13.0 Å². The number of aromatic carboxylic acids is 1. The van der Waals surface area contributed by atoms with E-state index in [0.29, 0.717) is 12.1 Å². The fourth-order valence-electron chi connectivity index (χ4n) is 1.57. The van der Waals surface area contributed by atoms with E-state index in [2.05, 4.69) is 10.3 Å². The molecule has 0 atom stereocenters. The molecule has 2 rings (SSSR count). The van der Waals surface area contributed by atoms with Gasteiger partial charge in [0.2, 0.25) is 0 Å². The SMILES string of the molecule is Cl.Cl.O=C(O)c1ccnc2c1CNCC2. The Kier molecular flexibility index (Phi) is 5.57. The van der Waals surface area contributed by atoms with Crippen molar-refractivity contribution < 1.29 is 9.90 Å². The zero-order valence-corrected chi connectivity index (χ0v) is 9.53. The first-order valence-corrected chi connectivity index (χ1v) is 4.20. The average Bonchev–Trinajstić information content (AvgIpc) is 2.17. The number of nitrogens with one attached hydrogen (secondary N) is 1. The molecule has 1 aliphatic rings. The van der Waals surface area contributed by atoms with E-state index >= 15 is 0 Å². The van der Waals surface area contributed by atoms with Crippen LogP contribution in [0.2, 0.25) is 0 Å². The molecule has 0 aliphatic carbocycles. The Morgan fingerprint density at radius 3 is 2.87 bits per heavy atom. The van der Waals surface area contributed by atoms with E-state index in [1.165, 1.54) is 0 Å². The topological polar surface area (TPSA) is 62.2 Å². The largest absolute Gasteiger partial charge is 0.478 e. The van der Waals surface area contributed by atoms with Crippen LogP contribution in [-0.4, -0.2) is 22.6 Å². The van der Waals surface area contributed by atoms with Crippen molar-refractivity contribution in [1.29, 1.82) is 0 Å². The molecule has 2 N–H and O–H groups in total. The number of nitrogens with zero attached hydrogens (tertiary/aromatic N) is 1. The fourth-order valence-corrected chi connectivity index (χ4v) is 1.57. The molecule has 2 heterocycles. The molecule has 0 saturated heterocycles. The van der Waals surface area contributed by atoms with Crippen LogP contribution in [0, 0.1) is 0 Å². The summed E-state index contributed by atoms with van der Waals surface area (Å²) in [6.45, 7) is 1.49. The Morgan fingerprint density at radius 2 is 2.20 bits per heavy atom. The number of fused-ring (bicyclic) bond motifs is 1. The molecular formula is C9H12Cl2N2O2. The minimum absolute atomic E-state index is 0. The normalized spacial score (nSPS) is 13.1. The molecule has 0 fully saturated rings. The maximum atomic E-state index is 10.8. The van der Waals surface area contributed by atoms with Crippen LogP contribution >= 0.6 is 24.8 Å². The van der Waals surface area contributed by atoms with Gasteiger partial charge in [-0.25, -0.2) is 4.79 Å². The fraction of sp³-hybridized carbons (Fsp3) is 0.333. The quantitative estimate of drug-likeness (QED) is 0.789. The first kappa shape index (κ1) is 14.2. The van der Waals surface area contributed by atoms with Gasteiger partial charge in [-0.1, -0.05) is 0 Å². The number of carboxylic acid groups (broad SMARTS) is 1. The molecule has 0 radical (unpaired) electrons. The summed E-state index contributed by atoms with van der Waals surface area (Å²) in [5.41, 5.74) is 2.12. The third-order valence-electron chi connectivity index (χ3n) is 2.22. The Labute approximate surface area is 99.9 Å². The van der Waals surface area contributed by atoms with Crippen molar-refractivity contribution in [3.05, 3.63) is 29.1 Å². The summed E-state index contributed by atoms with van der Waals surface area (Å²) < 4.78 is 0. The lowest BCUT2D eigenvalue weighted by Gasteiger charge is -2.17. The first-order chi connectivity index (χ1) is 6.29. The van der Waals surface area contributed by atoms with E-state index in [9.17, 15) is 4.79 Å². The molecular weight excluding hydrogens is 239 g/mol. The number of rotatable bonds is 1. The van der Waals surface area contributed by atoms with Gasteiger partial charge in [0.1, 0.15) is 0 Å². The number of carboxylic acids is 1. The van der Waals surface area contributed by atoms with Crippen molar-refractivity contribution in [3.8, 4) is 0 Å². The van der Waals surface area contributed by atoms with Crippen molar-refractivity contribution in [1.82, 2.24) is 10.3 Å². The lowest BCUT2D eigenvalue weighted by Crippen LogP contribution is -2.26. The average molecular weight is 251 g/mol. The second-order valence-electron chi connectivity index (χ2n) is 3.02. The van der Waals surface area contributed by atoms with Crippen LogP contribution in [0.4, 0.5) is 0 Å². The van der Waals surface area contributed by atoms with Gasteiger partial charge in [0.15, 0.2) is 0 Å². The zero-order chi connectivity index (χ0) is 9.26. The molecule has 1 aromatic heterocycles. The number of hydrogen-bond donors (Lipinski definition) is 2. The smallest absolute Gasteiger partial charge is 0.336 e. The molecule has 0 saturated carbocycles. The standard InChI is InChI=1S/C9H10N2O2.2ClH/c12-9(13)6-1-4-11-8-2-3-10-5-7(6)8;;/h1,4,10H,2-3,5H2,(H,12,13);2*1H. The van der Waals surface area contributed by atoms with E-state index < -0.39 is 5.97 Å². The minimum atomic E-state index is -0.873. The van der Waals surface area contributed by atoms with Gasteiger partial charge in [-0.3, -0.25) is 4.98 Å². The highest BCUT2D eigenvalue weighted by atomic mass is 35.5. The number of pyridine rings is 1. The molecule has 84 valence electrons. The van der Waals surface area contributed by atoms with Gasteiger partial charge in [-0.2, -0.15) is 0 Å². The zero-order valence-electron chi connectivity index (χ0n) is 7.90. The monoisotopic (exact) mass is 250 g/mol. The Morgan fingerprint density at radius 1 is 1.47 bits per heavy atom. The predicted molar refractivity (Wildman–Crippen MR) is 61.1 cm³/mol. The van der Waals surface area contributed by atoms with Crippen LogP contribution < -0.4 is 5.32 Å². The molecule has 1 aromatic rings.